The highest BCUT2D eigenvalue weighted by molar-refractivity contribution is 7.78. The van der Waals surface area contributed by atoms with E-state index in [1.807, 2.05) is 15.3 Å². The number of aromatic nitrogens is 3. The Morgan fingerprint density at radius 2 is 1.83 bits per heavy atom. The number of nitrogens with zero attached hydrogens (tertiary/aromatic N) is 5. The van der Waals surface area contributed by atoms with Gasteiger partial charge in [-0.25, -0.2) is 9.97 Å². The molecule has 0 amide bonds. The van der Waals surface area contributed by atoms with Crippen LogP contribution in [0.4, 0.5) is 0 Å². The molecule has 2 saturated heterocycles. The van der Waals surface area contributed by atoms with Crippen LogP contribution in [0.1, 0.15) is 67.4 Å². The molecule has 0 spiro atoms. The zero-order valence-corrected chi connectivity index (χ0v) is 22.4. The van der Waals surface area contributed by atoms with E-state index in [0.29, 0.717) is 17.9 Å². The number of hydrogen-bond acceptors (Lipinski definition) is 7. The predicted octanol–water partition coefficient (Wildman–Crippen LogP) is 5.41. The molecule has 188 valence electrons. The molecule has 8 heteroatoms. The molecule has 35 heavy (non-hydrogen) atoms. The molecular weight excluding hydrogens is 474 g/mol. The Morgan fingerprint density at radius 3 is 2.66 bits per heavy atom. The third kappa shape index (κ3) is 5.05. The molecule has 0 N–H and O–H groups in total. The first kappa shape index (κ1) is 23.9. The topological polar surface area (TPSA) is 46.4 Å². The van der Waals surface area contributed by atoms with E-state index in [2.05, 4.69) is 53.5 Å². The number of fused-ring (bicyclic) bond motifs is 1. The summed E-state index contributed by atoms with van der Waals surface area (Å²) in [4.78, 5) is 15.1. The Kier molecular flexibility index (Phi) is 7.18. The van der Waals surface area contributed by atoms with E-state index in [9.17, 15) is 0 Å². The van der Waals surface area contributed by atoms with Gasteiger partial charge < -0.3 is 9.64 Å². The largest absolute Gasteiger partial charge is 0.380 e. The molecular formula is C27H37N5OS2. The lowest BCUT2D eigenvalue weighted by Crippen LogP contribution is -2.39. The molecule has 5 heterocycles. The van der Waals surface area contributed by atoms with E-state index in [0.717, 1.165) is 49.8 Å². The number of thiazole rings is 1. The Bertz CT molecular complexity index is 1140. The van der Waals surface area contributed by atoms with Crippen LogP contribution in [0, 0.1) is 0 Å². The van der Waals surface area contributed by atoms with Crippen molar-refractivity contribution in [3.63, 3.8) is 0 Å². The third-order valence-corrected chi connectivity index (χ3v) is 9.77. The minimum Gasteiger partial charge on any atom is -0.380 e. The van der Waals surface area contributed by atoms with Crippen LogP contribution >= 0.6 is 24.2 Å². The zero-order chi connectivity index (χ0) is 23.8. The van der Waals surface area contributed by atoms with Crippen LogP contribution in [0.5, 0.6) is 0 Å². The lowest BCUT2D eigenvalue weighted by Gasteiger charge is -2.36. The molecule has 6 nitrogen and oxygen atoms in total. The van der Waals surface area contributed by atoms with Gasteiger partial charge in [0, 0.05) is 60.4 Å². The Balaban J connectivity index is 1.20. The molecule has 6 rings (SSSR count). The monoisotopic (exact) mass is 511 g/mol. The average molecular weight is 512 g/mol. The molecule has 3 aliphatic rings. The van der Waals surface area contributed by atoms with Crippen LogP contribution < -0.4 is 0 Å². The highest BCUT2D eigenvalue weighted by Gasteiger charge is 2.28. The van der Waals surface area contributed by atoms with Crippen molar-refractivity contribution in [3.05, 3.63) is 34.4 Å². The van der Waals surface area contributed by atoms with Gasteiger partial charge in [-0.15, -0.1) is 11.3 Å². The molecule has 0 radical (unpaired) electrons. The minimum atomic E-state index is 0.590. The van der Waals surface area contributed by atoms with Crippen LogP contribution in [-0.4, -0.2) is 76.2 Å². The Labute approximate surface area is 218 Å². The summed E-state index contributed by atoms with van der Waals surface area (Å²) >= 11 is 6.51. The number of likely N-dealkylation sites (tertiary alicyclic amines) is 1. The first-order valence-corrected chi connectivity index (χ1v) is 14.6. The van der Waals surface area contributed by atoms with Gasteiger partial charge in [-0.05, 0) is 82.6 Å². The van der Waals surface area contributed by atoms with Crippen LogP contribution in [0.15, 0.2) is 23.8 Å². The van der Waals surface area contributed by atoms with Crippen molar-refractivity contribution in [1.82, 2.24) is 23.7 Å². The van der Waals surface area contributed by atoms with Gasteiger partial charge in [-0.3, -0.25) is 8.87 Å². The maximum atomic E-state index is 5.67. The number of hydrogen-bond donors (Lipinski definition) is 1. The molecule has 1 saturated carbocycles. The molecule has 3 aromatic heterocycles. The molecule has 0 bridgehead atoms. The van der Waals surface area contributed by atoms with E-state index in [-0.39, 0.29) is 0 Å². The second kappa shape index (κ2) is 10.5. The van der Waals surface area contributed by atoms with Crippen molar-refractivity contribution in [1.29, 1.82) is 0 Å². The first-order chi connectivity index (χ1) is 17.2. The molecule has 3 fully saturated rings. The van der Waals surface area contributed by atoms with E-state index < -0.39 is 0 Å². The lowest BCUT2D eigenvalue weighted by molar-refractivity contribution is 0.118. The number of rotatable bonds is 4. The average Bonchev–Trinajstić information content (AvgIpc) is 3.39. The lowest BCUT2D eigenvalue weighted by atomic mass is 9.81. The van der Waals surface area contributed by atoms with Gasteiger partial charge in [0.15, 0.2) is 0 Å². The standard InChI is InChI=1S/C27H37N5OS2/c1-30-10-7-20(8-11-30)27-29-25(18-35-27)24-17-32(34)26-23(24)15-21(16-28-26)19-3-5-22(6-4-19)31-9-2-13-33-14-12-31/h15-20,22,34H,2-14H2,1H3. The molecule has 0 unspecified atom stereocenters. The maximum absolute atomic E-state index is 5.67. The molecule has 1 aliphatic carbocycles. The fraction of sp³-hybridized carbons (Fsp3) is 0.630. The van der Waals surface area contributed by atoms with Crippen LogP contribution in [0.2, 0.25) is 0 Å². The number of ether oxygens (including phenoxy) is 1. The van der Waals surface area contributed by atoms with E-state index in [4.69, 9.17) is 14.7 Å². The van der Waals surface area contributed by atoms with Gasteiger partial charge in [0.25, 0.3) is 0 Å². The maximum Gasteiger partial charge on any atom is 0.150 e. The molecule has 3 aromatic rings. The normalized spacial score (nSPS) is 25.8. The predicted molar refractivity (Wildman–Crippen MR) is 147 cm³/mol. The highest BCUT2D eigenvalue weighted by atomic mass is 32.1. The summed E-state index contributed by atoms with van der Waals surface area (Å²) in [5.74, 6) is 1.18. The van der Waals surface area contributed by atoms with Crippen molar-refractivity contribution in [2.75, 3.05) is 46.4 Å². The molecule has 2 aliphatic heterocycles. The Hall–Kier alpha value is -1.45. The van der Waals surface area contributed by atoms with E-state index >= 15 is 0 Å². The summed E-state index contributed by atoms with van der Waals surface area (Å²) in [5.41, 5.74) is 4.55. The molecule has 0 atom stereocenters. The highest BCUT2D eigenvalue weighted by Crippen LogP contribution is 2.39. The second-order valence-electron chi connectivity index (χ2n) is 10.7. The summed E-state index contributed by atoms with van der Waals surface area (Å²) in [6.45, 7) is 6.42. The third-order valence-electron chi connectivity index (χ3n) is 8.45. The SMILES string of the molecule is CN1CCC(c2nc(-c3cn(S)c4ncc(C5CCC(N6CCCOCC6)CC5)cc34)cs2)CC1. The van der Waals surface area contributed by atoms with Crippen molar-refractivity contribution < 1.29 is 4.74 Å². The summed E-state index contributed by atoms with van der Waals surface area (Å²) in [6, 6.07) is 3.09. The van der Waals surface area contributed by atoms with Crippen LogP contribution in [0.3, 0.4) is 0 Å². The van der Waals surface area contributed by atoms with Crippen LogP contribution in [-0.2, 0) is 4.74 Å². The van der Waals surface area contributed by atoms with Gasteiger partial charge in [-0.2, -0.15) is 0 Å². The van der Waals surface area contributed by atoms with Gasteiger partial charge in [0.05, 0.1) is 17.3 Å². The summed E-state index contributed by atoms with van der Waals surface area (Å²) < 4.78 is 7.53. The number of piperidine rings is 1. The van der Waals surface area contributed by atoms with Crippen molar-refractivity contribution in [3.8, 4) is 11.3 Å². The van der Waals surface area contributed by atoms with Gasteiger partial charge in [0.2, 0.25) is 0 Å². The second-order valence-corrected chi connectivity index (χ2v) is 12.0. The zero-order valence-electron chi connectivity index (χ0n) is 20.7. The van der Waals surface area contributed by atoms with Gasteiger partial charge in [0.1, 0.15) is 5.65 Å². The van der Waals surface area contributed by atoms with E-state index in [1.165, 1.54) is 67.4 Å². The van der Waals surface area contributed by atoms with Crippen molar-refractivity contribution in [2.45, 2.75) is 62.8 Å². The number of pyridine rings is 1. The van der Waals surface area contributed by atoms with E-state index in [1.54, 1.807) is 0 Å². The molecule has 0 aromatic carbocycles. The smallest absolute Gasteiger partial charge is 0.150 e. The number of thiol groups is 1. The quantitative estimate of drug-likeness (QED) is 0.475. The van der Waals surface area contributed by atoms with Gasteiger partial charge >= 0.3 is 0 Å². The first-order valence-electron chi connectivity index (χ1n) is 13.3. The van der Waals surface area contributed by atoms with Crippen molar-refractivity contribution in [2.24, 2.45) is 0 Å². The fourth-order valence-corrected chi connectivity index (χ4v) is 7.56. The minimum absolute atomic E-state index is 0.590. The Morgan fingerprint density at radius 1 is 1.00 bits per heavy atom. The fourth-order valence-electron chi connectivity index (χ4n) is 6.29. The summed E-state index contributed by atoms with van der Waals surface area (Å²) in [7, 11) is 2.21. The van der Waals surface area contributed by atoms with Crippen LogP contribution in [0.25, 0.3) is 22.3 Å². The summed E-state index contributed by atoms with van der Waals surface area (Å²) in [5, 5.41) is 4.71. The van der Waals surface area contributed by atoms with Gasteiger partial charge in [-0.1, -0.05) is 12.8 Å². The summed E-state index contributed by atoms with van der Waals surface area (Å²) in [6.07, 6.45) is 12.8. The van der Waals surface area contributed by atoms with Crippen molar-refractivity contribution >= 4 is 35.2 Å².